The second-order valence-corrected chi connectivity index (χ2v) is 12.4. The smallest absolute Gasteiger partial charge is 0.323 e. The molecule has 0 bridgehead atoms. The Labute approximate surface area is 235 Å². The molecule has 2 unspecified atom stereocenters. The Balaban J connectivity index is 1.76. The molecule has 2 aliphatic rings. The van der Waals surface area contributed by atoms with E-state index in [1.807, 2.05) is 0 Å². The molecular weight excluding hydrogens is 472 g/mol. The van der Waals surface area contributed by atoms with Crippen LogP contribution in [0.4, 0.5) is 0 Å². The highest BCUT2D eigenvalue weighted by Crippen LogP contribution is 2.52. The van der Waals surface area contributed by atoms with E-state index in [0.29, 0.717) is 25.6 Å². The van der Waals surface area contributed by atoms with Crippen LogP contribution in [0.2, 0.25) is 0 Å². The van der Waals surface area contributed by atoms with Crippen LogP contribution in [0, 0.1) is 17.3 Å². The van der Waals surface area contributed by atoms with Crippen LogP contribution in [-0.2, 0) is 19.1 Å². The lowest BCUT2D eigenvalue weighted by Gasteiger charge is -2.46. The van der Waals surface area contributed by atoms with Gasteiger partial charge in [0.2, 0.25) is 0 Å². The molecule has 2 atom stereocenters. The van der Waals surface area contributed by atoms with Gasteiger partial charge in [0.05, 0.1) is 13.2 Å². The maximum Gasteiger partial charge on any atom is 0.323 e. The fourth-order valence-electron chi connectivity index (χ4n) is 7.03. The van der Waals surface area contributed by atoms with Crippen molar-refractivity contribution in [2.24, 2.45) is 17.3 Å². The number of fused-ring (bicyclic) bond motifs is 1. The summed E-state index contributed by atoms with van der Waals surface area (Å²) in [6.07, 6.45) is 29.4. The fraction of sp³-hybridized carbons (Fsp3) is 0.941. The molecule has 2 fully saturated rings. The third-order valence-electron chi connectivity index (χ3n) is 9.38. The molecule has 0 aliphatic heterocycles. The average Bonchev–Trinajstić information content (AvgIpc) is 2.94. The number of unbranched alkanes of at least 4 members (excludes halogenated alkanes) is 16. The molecule has 0 aromatic carbocycles. The molecule has 2 aliphatic carbocycles. The maximum absolute atomic E-state index is 13.6. The number of rotatable bonds is 22. The predicted octanol–water partition coefficient (Wildman–Crippen LogP) is 10.1. The first-order chi connectivity index (χ1) is 18.7. The Morgan fingerprint density at radius 1 is 0.553 bits per heavy atom. The fourth-order valence-corrected chi connectivity index (χ4v) is 7.03. The van der Waals surface area contributed by atoms with Gasteiger partial charge in [-0.25, -0.2) is 0 Å². The SMILES string of the molecule is CCCCCCCCCCCOC(=O)C1(C(=O)OCCCCCCCCCCC)CCCC2CCCCC21. The summed E-state index contributed by atoms with van der Waals surface area (Å²) in [7, 11) is 0. The van der Waals surface area contributed by atoms with E-state index in [0.717, 1.165) is 57.8 Å². The summed E-state index contributed by atoms with van der Waals surface area (Å²) in [6.45, 7) is 5.40. The van der Waals surface area contributed by atoms with E-state index >= 15 is 0 Å². The summed E-state index contributed by atoms with van der Waals surface area (Å²) in [5, 5.41) is 0. The summed E-state index contributed by atoms with van der Waals surface area (Å²) in [6, 6.07) is 0. The minimum Gasteiger partial charge on any atom is -0.465 e. The van der Waals surface area contributed by atoms with Gasteiger partial charge in [0.25, 0.3) is 0 Å². The third-order valence-corrected chi connectivity index (χ3v) is 9.38. The molecule has 0 aromatic rings. The molecule has 38 heavy (non-hydrogen) atoms. The van der Waals surface area contributed by atoms with Crippen LogP contribution in [0.3, 0.4) is 0 Å². The zero-order chi connectivity index (χ0) is 27.3. The van der Waals surface area contributed by atoms with Crippen molar-refractivity contribution in [1.29, 1.82) is 0 Å². The minimum absolute atomic E-state index is 0.108. The number of hydrogen-bond acceptors (Lipinski definition) is 4. The molecule has 2 saturated carbocycles. The van der Waals surface area contributed by atoms with Gasteiger partial charge < -0.3 is 9.47 Å². The quantitative estimate of drug-likeness (QED) is 0.0787. The van der Waals surface area contributed by atoms with Crippen LogP contribution in [-0.4, -0.2) is 25.2 Å². The summed E-state index contributed by atoms with van der Waals surface area (Å²) in [4.78, 5) is 27.2. The van der Waals surface area contributed by atoms with E-state index in [4.69, 9.17) is 9.47 Å². The molecule has 0 amide bonds. The van der Waals surface area contributed by atoms with Crippen LogP contribution in [0.1, 0.15) is 174 Å². The molecule has 0 aromatic heterocycles. The van der Waals surface area contributed by atoms with Gasteiger partial charge in [-0.3, -0.25) is 9.59 Å². The Morgan fingerprint density at radius 3 is 1.42 bits per heavy atom. The van der Waals surface area contributed by atoms with Gasteiger partial charge in [-0.1, -0.05) is 149 Å². The molecule has 2 rings (SSSR count). The van der Waals surface area contributed by atoms with E-state index in [1.165, 1.54) is 96.3 Å². The number of carbonyl (C=O) groups excluding carboxylic acids is 2. The van der Waals surface area contributed by atoms with Crippen molar-refractivity contribution < 1.29 is 19.1 Å². The van der Waals surface area contributed by atoms with E-state index < -0.39 is 5.41 Å². The highest BCUT2D eigenvalue weighted by molar-refractivity contribution is 6.00. The Bertz CT molecular complexity index is 578. The first kappa shape index (κ1) is 33.1. The van der Waals surface area contributed by atoms with Crippen LogP contribution in [0.5, 0.6) is 0 Å². The number of hydrogen-bond donors (Lipinski definition) is 0. The van der Waals surface area contributed by atoms with Gasteiger partial charge in [-0.2, -0.15) is 0 Å². The zero-order valence-corrected chi connectivity index (χ0v) is 25.4. The van der Waals surface area contributed by atoms with Crippen molar-refractivity contribution in [3.05, 3.63) is 0 Å². The normalized spacial score (nSPS) is 20.6. The summed E-state index contributed by atoms with van der Waals surface area (Å²) in [5.74, 6) is 0.0331. The van der Waals surface area contributed by atoms with Gasteiger partial charge in [-0.05, 0) is 37.5 Å². The largest absolute Gasteiger partial charge is 0.465 e. The molecule has 0 heterocycles. The minimum atomic E-state index is -1.05. The molecule has 0 N–H and O–H groups in total. The van der Waals surface area contributed by atoms with E-state index in [-0.39, 0.29) is 17.9 Å². The Hall–Kier alpha value is -1.06. The van der Waals surface area contributed by atoms with Crippen molar-refractivity contribution in [3.8, 4) is 0 Å². The summed E-state index contributed by atoms with van der Waals surface area (Å²) >= 11 is 0. The molecule has 0 spiro atoms. The van der Waals surface area contributed by atoms with Crippen molar-refractivity contribution in [3.63, 3.8) is 0 Å². The Morgan fingerprint density at radius 2 is 0.947 bits per heavy atom. The maximum atomic E-state index is 13.6. The monoisotopic (exact) mass is 534 g/mol. The van der Waals surface area contributed by atoms with Crippen LogP contribution in [0.25, 0.3) is 0 Å². The number of esters is 2. The second-order valence-electron chi connectivity index (χ2n) is 12.4. The second kappa shape index (κ2) is 20.8. The molecule has 4 nitrogen and oxygen atoms in total. The average molecular weight is 535 g/mol. The van der Waals surface area contributed by atoms with Gasteiger partial charge >= 0.3 is 11.9 Å². The molecule has 4 heteroatoms. The summed E-state index contributed by atoms with van der Waals surface area (Å²) in [5.41, 5.74) is -1.05. The topological polar surface area (TPSA) is 52.6 Å². The van der Waals surface area contributed by atoms with Gasteiger partial charge in [-0.15, -0.1) is 0 Å². The summed E-state index contributed by atoms with van der Waals surface area (Å²) < 4.78 is 11.7. The van der Waals surface area contributed by atoms with Crippen molar-refractivity contribution in [1.82, 2.24) is 0 Å². The third kappa shape index (κ3) is 11.6. The van der Waals surface area contributed by atoms with Gasteiger partial charge in [0.15, 0.2) is 5.41 Å². The Kier molecular flexibility index (Phi) is 18.1. The number of ether oxygens (including phenoxy) is 2. The van der Waals surface area contributed by atoms with Gasteiger partial charge in [0, 0.05) is 0 Å². The molecular formula is C34H62O4. The lowest BCUT2D eigenvalue weighted by molar-refractivity contribution is -0.184. The first-order valence-electron chi connectivity index (χ1n) is 17.0. The van der Waals surface area contributed by atoms with E-state index in [9.17, 15) is 9.59 Å². The predicted molar refractivity (Wildman–Crippen MR) is 158 cm³/mol. The van der Waals surface area contributed by atoms with Crippen molar-refractivity contribution >= 4 is 11.9 Å². The van der Waals surface area contributed by atoms with Gasteiger partial charge in [0.1, 0.15) is 0 Å². The van der Waals surface area contributed by atoms with Crippen molar-refractivity contribution in [2.45, 2.75) is 174 Å². The zero-order valence-electron chi connectivity index (χ0n) is 25.4. The van der Waals surface area contributed by atoms with Crippen LogP contribution in [0.15, 0.2) is 0 Å². The molecule has 0 radical (unpaired) electrons. The van der Waals surface area contributed by atoms with Crippen molar-refractivity contribution in [2.75, 3.05) is 13.2 Å². The lowest BCUT2D eigenvalue weighted by Crippen LogP contribution is -2.53. The standard InChI is InChI=1S/C34H62O4/c1-3-5-7-9-11-13-15-17-21-28-37-32(35)34(27-23-25-30-24-19-20-26-31(30)34)33(36)38-29-22-18-16-14-12-10-8-6-4-2/h30-31H,3-29H2,1-2H3. The number of carbonyl (C=O) groups is 2. The first-order valence-corrected chi connectivity index (χ1v) is 17.0. The lowest BCUT2D eigenvalue weighted by atomic mass is 9.57. The molecule has 222 valence electrons. The van der Waals surface area contributed by atoms with E-state index in [1.54, 1.807) is 0 Å². The highest BCUT2D eigenvalue weighted by Gasteiger charge is 2.58. The van der Waals surface area contributed by atoms with E-state index in [2.05, 4.69) is 13.8 Å². The van der Waals surface area contributed by atoms with Crippen LogP contribution >= 0.6 is 0 Å². The molecule has 0 saturated heterocycles. The highest BCUT2D eigenvalue weighted by atomic mass is 16.6. The van der Waals surface area contributed by atoms with Crippen LogP contribution < -0.4 is 0 Å².